The lowest BCUT2D eigenvalue weighted by atomic mass is 9.95. The van der Waals surface area contributed by atoms with Crippen LogP contribution in [0.25, 0.3) is 0 Å². The number of nitrogens with zero attached hydrogens (tertiary/aromatic N) is 2. The predicted octanol–water partition coefficient (Wildman–Crippen LogP) is 0.107. The highest BCUT2D eigenvalue weighted by molar-refractivity contribution is 5.86. The third-order valence-electron chi connectivity index (χ3n) is 4.51. The van der Waals surface area contributed by atoms with Crippen molar-refractivity contribution in [3.8, 4) is 0 Å². The third-order valence-corrected chi connectivity index (χ3v) is 4.51. The summed E-state index contributed by atoms with van der Waals surface area (Å²) in [6, 6.07) is -1.10. The van der Waals surface area contributed by atoms with E-state index in [2.05, 4.69) is 0 Å². The van der Waals surface area contributed by atoms with Crippen LogP contribution in [0.5, 0.6) is 0 Å². The van der Waals surface area contributed by atoms with E-state index in [0.29, 0.717) is 6.54 Å². The molecule has 1 aliphatic rings. The Morgan fingerprint density at radius 1 is 1.30 bits per heavy atom. The molecule has 0 radical (unpaired) electrons. The van der Waals surface area contributed by atoms with Crippen molar-refractivity contribution < 1.29 is 19.5 Å². The van der Waals surface area contributed by atoms with Crippen molar-refractivity contribution in [2.75, 3.05) is 13.1 Å². The molecule has 3 N–H and O–H groups in total. The number of likely N-dealkylation sites (tertiary alicyclic amines) is 1. The van der Waals surface area contributed by atoms with Gasteiger partial charge in [-0.1, -0.05) is 13.8 Å². The van der Waals surface area contributed by atoms with Crippen LogP contribution < -0.4 is 5.73 Å². The number of carbonyl (C=O) groups excluding carboxylic acids is 3. The Bertz CT molecular complexity index is 478. The fourth-order valence-corrected chi connectivity index (χ4v) is 3.30. The van der Waals surface area contributed by atoms with Crippen LogP contribution in [0.15, 0.2) is 0 Å². The molecule has 0 aromatic carbocycles. The van der Waals surface area contributed by atoms with Crippen molar-refractivity contribution in [1.82, 2.24) is 9.80 Å². The molecule has 0 aliphatic carbocycles. The van der Waals surface area contributed by atoms with Crippen molar-refractivity contribution >= 4 is 17.7 Å². The summed E-state index contributed by atoms with van der Waals surface area (Å²) in [7, 11) is 0. The molecule has 1 rings (SSSR count). The van der Waals surface area contributed by atoms with E-state index < -0.39 is 23.6 Å². The summed E-state index contributed by atoms with van der Waals surface area (Å²) in [5, 5.41) is 9.85. The second-order valence-electron chi connectivity index (χ2n) is 6.98. The third kappa shape index (κ3) is 4.22. The Labute approximate surface area is 137 Å². The van der Waals surface area contributed by atoms with Crippen LogP contribution in [-0.2, 0) is 14.4 Å². The molecule has 3 unspecified atom stereocenters. The van der Waals surface area contributed by atoms with Gasteiger partial charge < -0.3 is 20.6 Å². The van der Waals surface area contributed by atoms with E-state index in [4.69, 9.17) is 5.73 Å². The van der Waals surface area contributed by atoms with Crippen molar-refractivity contribution in [3.05, 3.63) is 0 Å². The van der Waals surface area contributed by atoms with Gasteiger partial charge in [0.05, 0.1) is 11.6 Å². The van der Waals surface area contributed by atoms with Crippen LogP contribution in [0, 0.1) is 5.92 Å². The number of carbonyl (C=O) groups is 3. The van der Waals surface area contributed by atoms with E-state index >= 15 is 0 Å². The number of primary amides is 1. The van der Waals surface area contributed by atoms with Crippen LogP contribution in [0.4, 0.5) is 0 Å². The van der Waals surface area contributed by atoms with Gasteiger partial charge in [-0.05, 0) is 26.7 Å². The number of nitrogens with two attached hydrogens (primary N) is 1. The lowest BCUT2D eigenvalue weighted by Crippen LogP contribution is -2.60. The average molecular weight is 327 g/mol. The summed E-state index contributed by atoms with van der Waals surface area (Å²) in [5.74, 6) is -1.21. The van der Waals surface area contributed by atoms with Gasteiger partial charge in [0.2, 0.25) is 17.7 Å². The molecule has 3 amide bonds. The van der Waals surface area contributed by atoms with Crippen LogP contribution >= 0.6 is 0 Å². The Morgan fingerprint density at radius 3 is 2.26 bits per heavy atom. The highest BCUT2D eigenvalue weighted by atomic mass is 16.3. The quantitative estimate of drug-likeness (QED) is 0.722. The Balaban J connectivity index is 3.09. The summed E-state index contributed by atoms with van der Waals surface area (Å²) in [5.41, 5.74) is 4.80. The predicted molar refractivity (Wildman–Crippen MR) is 86.2 cm³/mol. The molecule has 3 atom stereocenters. The maximum absolute atomic E-state index is 12.4. The van der Waals surface area contributed by atoms with E-state index in [-0.39, 0.29) is 24.3 Å². The second-order valence-corrected chi connectivity index (χ2v) is 6.98. The summed E-state index contributed by atoms with van der Waals surface area (Å²) < 4.78 is 0. The smallest absolute Gasteiger partial charge is 0.242 e. The molecule has 0 aromatic rings. The Kier molecular flexibility index (Phi) is 6.16. The minimum absolute atomic E-state index is 0.0289. The molecule has 0 bridgehead atoms. The van der Waals surface area contributed by atoms with Gasteiger partial charge in [0.1, 0.15) is 6.04 Å². The highest BCUT2D eigenvalue weighted by Crippen LogP contribution is 2.32. The number of rotatable bonds is 6. The van der Waals surface area contributed by atoms with Crippen LogP contribution in [0.1, 0.15) is 47.5 Å². The Hall–Kier alpha value is -1.63. The van der Waals surface area contributed by atoms with Gasteiger partial charge in [-0.3, -0.25) is 14.4 Å². The SMILES string of the molecule is CC(=O)N(CC1(C)CCCN1C(=O)C(C)C)C(C(N)=O)C(C)O. The molecule has 0 saturated carbocycles. The Morgan fingerprint density at radius 2 is 1.87 bits per heavy atom. The van der Waals surface area contributed by atoms with Gasteiger partial charge in [0.15, 0.2) is 0 Å². The van der Waals surface area contributed by atoms with Gasteiger partial charge in [-0.25, -0.2) is 0 Å². The zero-order valence-corrected chi connectivity index (χ0v) is 14.7. The minimum atomic E-state index is -1.10. The molecule has 7 heteroatoms. The van der Waals surface area contributed by atoms with E-state index in [9.17, 15) is 19.5 Å². The topological polar surface area (TPSA) is 104 Å². The van der Waals surface area contributed by atoms with Gasteiger partial charge in [-0.15, -0.1) is 0 Å². The zero-order valence-electron chi connectivity index (χ0n) is 14.7. The molecule has 0 spiro atoms. The molecule has 1 saturated heterocycles. The van der Waals surface area contributed by atoms with Crippen LogP contribution in [0.3, 0.4) is 0 Å². The molecular formula is C16H29N3O4. The maximum Gasteiger partial charge on any atom is 0.242 e. The van der Waals surface area contributed by atoms with E-state index in [1.807, 2.05) is 20.8 Å². The van der Waals surface area contributed by atoms with Gasteiger partial charge in [-0.2, -0.15) is 0 Å². The monoisotopic (exact) mass is 327 g/mol. The highest BCUT2D eigenvalue weighted by Gasteiger charge is 2.44. The molecular weight excluding hydrogens is 298 g/mol. The van der Waals surface area contributed by atoms with Crippen LogP contribution in [0.2, 0.25) is 0 Å². The summed E-state index contributed by atoms with van der Waals surface area (Å²) in [6.07, 6.45) is 0.507. The summed E-state index contributed by atoms with van der Waals surface area (Å²) in [4.78, 5) is 39.2. The van der Waals surface area contributed by atoms with E-state index in [1.54, 1.807) is 4.90 Å². The van der Waals surface area contributed by atoms with Gasteiger partial charge >= 0.3 is 0 Å². The lowest BCUT2D eigenvalue weighted by Gasteiger charge is -2.42. The van der Waals surface area contributed by atoms with Crippen molar-refractivity contribution in [1.29, 1.82) is 0 Å². The minimum Gasteiger partial charge on any atom is -0.391 e. The summed E-state index contributed by atoms with van der Waals surface area (Å²) in [6.45, 7) is 9.17. The average Bonchev–Trinajstić information content (AvgIpc) is 2.77. The van der Waals surface area contributed by atoms with Gasteiger partial charge in [0.25, 0.3) is 0 Å². The summed E-state index contributed by atoms with van der Waals surface area (Å²) >= 11 is 0. The fraction of sp³-hybridized carbons (Fsp3) is 0.812. The second kappa shape index (κ2) is 7.29. The molecule has 132 valence electrons. The molecule has 1 heterocycles. The lowest BCUT2D eigenvalue weighted by molar-refractivity contribution is -0.147. The molecule has 1 aliphatic heterocycles. The number of aliphatic hydroxyl groups excluding tert-OH is 1. The van der Waals surface area contributed by atoms with Gasteiger partial charge in [0, 0.05) is 25.9 Å². The number of hydrogen-bond donors (Lipinski definition) is 2. The number of amides is 3. The van der Waals surface area contributed by atoms with Crippen molar-refractivity contribution in [2.45, 2.75) is 65.1 Å². The maximum atomic E-state index is 12.4. The zero-order chi connectivity index (χ0) is 17.9. The van der Waals surface area contributed by atoms with E-state index in [1.165, 1.54) is 18.7 Å². The first-order valence-corrected chi connectivity index (χ1v) is 8.07. The number of hydrogen-bond acceptors (Lipinski definition) is 4. The van der Waals surface area contributed by atoms with Crippen molar-refractivity contribution in [2.24, 2.45) is 11.7 Å². The largest absolute Gasteiger partial charge is 0.391 e. The van der Waals surface area contributed by atoms with E-state index in [0.717, 1.165) is 12.8 Å². The molecule has 23 heavy (non-hydrogen) atoms. The van der Waals surface area contributed by atoms with Crippen molar-refractivity contribution in [3.63, 3.8) is 0 Å². The number of aliphatic hydroxyl groups is 1. The molecule has 0 aromatic heterocycles. The first kappa shape index (κ1) is 19.4. The first-order valence-electron chi connectivity index (χ1n) is 8.07. The normalized spacial score (nSPS) is 23.7. The first-order chi connectivity index (χ1) is 10.5. The standard InChI is InChI=1S/C16H29N3O4/c1-10(2)15(23)19-8-6-7-16(19,5)9-18(12(4)21)13(11(3)20)14(17)22/h10-11,13,20H,6-9H2,1-5H3,(H2,17,22). The van der Waals surface area contributed by atoms with Crippen LogP contribution in [-0.4, -0.2) is 63.4 Å². The fourth-order valence-electron chi connectivity index (χ4n) is 3.30. The molecule has 1 fully saturated rings. The molecule has 7 nitrogen and oxygen atoms in total.